The number of carbonyl (C=O) groups is 1. The normalized spacial score (nSPS) is 24.2. The molecule has 18 heavy (non-hydrogen) atoms. The van der Waals surface area contributed by atoms with Gasteiger partial charge in [-0.3, -0.25) is 4.79 Å². The van der Waals surface area contributed by atoms with Crippen LogP contribution in [0, 0.1) is 0 Å². The highest BCUT2D eigenvalue weighted by atomic mass is 32.1. The van der Waals surface area contributed by atoms with Crippen molar-refractivity contribution in [3.05, 3.63) is 11.1 Å². The molecule has 1 aromatic rings. The molecule has 1 aromatic heterocycles. The third-order valence-corrected chi connectivity index (χ3v) is 4.23. The number of rotatable bonds is 3. The molecule has 0 aliphatic carbocycles. The first kappa shape index (κ1) is 13.5. The Morgan fingerprint density at radius 3 is 2.89 bits per heavy atom. The molecular weight excluding hydrogens is 246 g/mol. The Balaban J connectivity index is 2.01. The van der Waals surface area contributed by atoms with E-state index in [0.29, 0.717) is 11.0 Å². The second-order valence-corrected chi connectivity index (χ2v) is 6.26. The zero-order valence-electron chi connectivity index (χ0n) is 11.2. The standard InChI is InChI=1S/C13H21N3OS/c1-9(2)10-8-18-12(15-10)16-11(17)13(3)6-4-5-7-14-13/h8-9,14H,4-7H2,1-3H3,(H,15,16,17). The molecule has 2 rings (SSSR count). The zero-order chi connectivity index (χ0) is 13.2. The van der Waals surface area contributed by atoms with Gasteiger partial charge in [0.05, 0.1) is 11.2 Å². The SMILES string of the molecule is CC(C)c1csc(NC(=O)C2(C)CCCCN2)n1. The number of amides is 1. The molecule has 0 radical (unpaired) electrons. The van der Waals surface area contributed by atoms with Crippen molar-refractivity contribution in [2.45, 2.75) is 51.5 Å². The summed E-state index contributed by atoms with van der Waals surface area (Å²) in [6.07, 6.45) is 3.14. The highest BCUT2D eigenvalue weighted by Gasteiger charge is 2.34. The minimum atomic E-state index is -0.443. The fraction of sp³-hybridized carbons (Fsp3) is 0.692. The largest absolute Gasteiger partial charge is 0.304 e. The molecular formula is C13H21N3OS. The van der Waals surface area contributed by atoms with Crippen molar-refractivity contribution in [1.29, 1.82) is 0 Å². The lowest BCUT2D eigenvalue weighted by Gasteiger charge is -2.33. The first-order chi connectivity index (χ1) is 8.51. The van der Waals surface area contributed by atoms with Crippen molar-refractivity contribution < 1.29 is 4.79 Å². The number of nitrogens with one attached hydrogen (secondary N) is 2. The Morgan fingerprint density at radius 1 is 1.56 bits per heavy atom. The van der Waals surface area contributed by atoms with Crippen LogP contribution in [-0.2, 0) is 4.79 Å². The number of thiazole rings is 1. The number of carbonyl (C=O) groups excluding carboxylic acids is 1. The van der Waals surface area contributed by atoms with Gasteiger partial charge in [-0.2, -0.15) is 0 Å². The van der Waals surface area contributed by atoms with Crippen LogP contribution in [0.3, 0.4) is 0 Å². The Morgan fingerprint density at radius 2 is 2.33 bits per heavy atom. The Hall–Kier alpha value is -0.940. The Labute approximate surface area is 112 Å². The van der Waals surface area contributed by atoms with E-state index in [1.807, 2.05) is 12.3 Å². The molecule has 1 aliphatic rings. The first-order valence-corrected chi connectivity index (χ1v) is 7.41. The van der Waals surface area contributed by atoms with Crippen LogP contribution >= 0.6 is 11.3 Å². The molecule has 0 aromatic carbocycles. The fourth-order valence-corrected chi connectivity index (χ4v) is 2.96. The van der Waals surface area contributed by atoms with E-state index in [1.165, 1.54) is 11.3 Å². The molecule has 1 unspecified atom stereocenters. The fourth-order valence-electron chi connectivity index (χ4n) is 2.09. The Bertz CT molecular complexity index is 422. The van der Waals surface area contributed by atoms with Gasteiger partial charge in [0.25, 0.3) is 0 Å². The summed E-state index contributed by atoms with van der Waals surface area (Å²) in [5.41, 5.74) is 0.596. The number of piperidine rings is 1. The summed E-state index contributed by atoms with van der Waals surface area (Å²) in [7, 11) is 0. The Kier molecular flexibility index (Phi) is 4.02. The second-order valence-electron chi connectivity index (χ2n) is 5.40. The van der Waals surface area contributed by atoms with Gasteiger partial charge in [0, 0.05) is 5.38 Å². The van der Waals surface area contributed by atoms with Gasteiger partial charge in [-0.05, 0) is 38.6 Å². The monoisotopic (exact) mass is 267 g/mol. The van der Waals surface area contributed by atoms with Gasteiger partial charge in [-0.15, -0.1) is 11.3 Å². The average molecular weight is 267 g/mol. The second kappa shape index (κ2) is 5.36. The molecule has 5 heteroatoms. The van der Waals surface area contributed by atoms with E-state index in [9.17, 15) is 4.79 Å². The number of nitrogens with zero attached hydrogens (tertiary/aromatic N) is 1. The molecule has 0 bridgehead atoms. The van der Waals surface area contributed by atoms with E-state index in [-0.39, 0.29) is 5.91 Å². The van der Waals surface area contributed by atoms with Crippen molar-refractivity contribution in [2.24, 2.45) is 0 Å². The molecule has 0 spiro atoms. The maximum atomic E-state index is 12.3. The highest BCUT2D eigenvalue weighted by Crippen LogP contribution is 2.24. The van der Waals surface area contributed by atoms with Crippen LogP contribution < -0.4 is 10.6 Å². The number of hydrogen-bond acceptors (Lipinski definition) is 4. The highest BCUT2D eigenvalue weighted by molar-refractivity contribution is 7.13. The van der Waals surface area contributed by atoms with Crippen LogP contribution in [0.15, 0.2) is 5.38 Å². The summed E-state index contributed by atoms with van der Waals surface area (Å²) in [5, 5.41) is 8.96. The van der Waals surface area contributed by atoms with Gasteiger partial charge in [-0.25, -0.2) is 4.98 Å². The van der Waals surface area contributed by atoms with Crippen LogP contribution in [-0.4, -0.2) is 23.0 Å². The van der Waals surface area contributed by atoms with Gasteiger partial charge >= 0.3 is 0 Å². The lowest BCUT2D eigenvalue weighted by Crippen LogP contribution is -2.54. The van der Waals surface area contributed by atoms with Crippen LogP contribution in [0.5, 0.6) is 0 Å². The van der Waals surface area contributed by atoms with E-state index in [2.05, 4.69) is 29.5 Å². The van der Waals surface area contributed by atoms with Gasteiger partial charge in [-0.1, -0.05) is 13.8 Å². The molecule has 2 heterocycles. The summed E-state index contributed by atoms with van der Waals surface area (Å²) in [6, 6.07) is 0. The molecule has 1 aliphatic heterocycles. The van der Waals surface area contributed by atoms with Gasteiger partial charge in [0.15, 0.2) is 5.13 Å². The molecule has 1 amide bonds. The van der Waals surface area contributed by atoms with Crippen molar-refractivity contribution >= 4 is 22.4 Å². The number of aromatic nitrogens is 1. The summed E-state index contributed by atoms with van der Waals surface area (Å²) < 4.78 is 0. The molecule has 100 valence electrons. The van der Waals surface area contributed by atoms with Crippen molar-refractivity contribution in [3.63, 3.8) is 0 Å². The molecule has 1 atom stereocenters. The van der Waals surface area contributed by atoms with E-state index in [0.717, 1.165) is 31.5 Å². The van der Waals surface area contributed by atoms with Crippen LogP contribution in [0.25, 0.3) is 0 Å². The summed E-state index contributed by atoms with van der Waals surface area (Å²) in [6.45, 7) is 7.09. The predicted molar refractivity (Wildman–Crippen MR) is 75.1 cm³/mol. The molecule has 1 saturated heterocycles. The van der Waals surface area contributed by atoms with Crippen molar-refractivity contribution in [1.82, 2.24) is 10.3 Å². The minimum absolute atomic E-state index is 0.0341. The van der Waals surface area contributed by atoms with Gasteiger partial charge < -0.3 is 10.6 Å². The zero-order valence-corrected chi connectivity index (χ0v) is 12.1. The van der Waals surface area contributed by atoms with E-state index in [4.69, 9.17) is 0 Å². The summed E-state index contributed by atoms with van der Waals surface area (Å²) in [5.74, 6) is 0.433. The third-order valence-electron chi connectivity index (χ3n) is 3.45. The quantitative estimate of drug-likeness (QED) is 0.885. The van der Waals surface area contributed by atoms with Crippen LogP contribution in [0.2, 0.25) is 0 Å². The summed E-state index contributed by atoms with van der Waals surface area (Å²) in [4.78, 5) is 16.7. The lowest BCUT2D eigenvalue weighted by atomic mass is 9.90. The molecule has 1 fully saturated rings. The molecule has 0 saturated carbocycles. The van der Waals surface area contributed by atoms with E-state index < -0.39 is 5.54 Å². The summed E-state index contributed by atoms with van der Waals surface area (Å²) >= 11 is 1.50. The molecule has 4 nitrogen and oxygen atoms in total. The lowest BCUT2D eigenvalue weighted by molar-refractivity contribution is -0.122. The van der Waals surface area contributed by atoms with E-state index in [1.54, 1.807) is 0 Å². The third kappa shape index (κ3) is 2.90. The van der Waals surface area contributed by atoms with E-state index >= 15 is 0 Å². The van der Waals surface area contributed by atoms with Crippen LogP contribution in [0.1, 0.15) is 51.6 Å². The number of anilines is 1. The predicted octanol–water partition coefficient (Wildman–Crippen LogP) is 2.74. The van der Waals surface area contributed by atoms with Gasteiger partial charge in [0.1, 0.15) is 0 Å². The maximum absolute atomic E-state index is 12.3. The van der Waals surface area contributed by atoms with Crippen LogP contribution in [0.4, 0.5) is 5.13 Å². The topological polar surface area (TPSA) is 54.0 Å². The van der Waals surface area contributed by atoms with Gasteiger partial charge in [0.2, 0.25) is 5.91 Å². The first-order valence-electron chi connectivity index (χ1n) is 6.53. The van der Waals surface area contributed by atoms with Crippen molar-refractivity contribution in [2.75, 3.05) is 11.9 Å². The number of hydrogen-bond donors (Lipinski definition) is 2. The smallest absolute Gasteiger partial charge is 0.246 e. The maximum Gasteiger partial charge on any atom is 0.246 e. The molecule has 2 N–H and O–H groups in total. The van der Waals surface area contributed by atoms with Crippen molar-refractivity contribution in [3.8, 4) is 0 Å². The minimum Gasteiger partial charge on any atom is -0.304 e. The average Bonchev–Trinajstić information content (AvgIpc) is 2.78.